The molecule has 130 valence electrons. The number of nitrogens with zero attached hydrogens (tertiary/aromatic N) is 3. The third-order valence-corrected chi connectivity index (χ3v) is 5.51. The number of hydrogen-bond donors (Lipinski definition) is 0. The van der Waals surface area contributed by atoms with E-state index in [0.717, 1.165) is 24.2 Å². The Morgan fingerprint density at radius 1 is 1.19 bits per heavy atom. The van der Waals surface area contributed by atoms with Gasteiger partial charge in [-0.25, -0.2) is 9.37 Å². The van der Waals surface area contributed by atoms with Gasteiger partial charge in [-0.1, -0.05) is 29.8 Å². The van der Waals surface area contributed by atoms with Crippen LogP contribution in [0.2, 0.25) is 5.02 Å². The highest BCUT2D eigenvalue weighted by atomic mass is 35.5. The van der Waals surface area contributed by atoms with E-state index >= 15 is 0 Å². The van der Waals surface area contributed by atoms with Crippen molar-refractivity contribution in [1.82, 2.24) is 14.5 Å². The second kappa shape index (κ2) is 5.68. The fourth-order valence-corrected chi connectivity index (χ4v) is 4.34. The first-order valence-corrected chi connectivity index (χ1v) is 8.96. The molecular formula is C20H15ClFN3O. The van der Waals surface area contributed by atoms with Crippen molar-refractivity contribution in [2.24, 2.45) is 0 Å². The minimum Gasteiger partial charge on any atom is -0.330 e. The Bertz CT molecular complexity index is 1050. The van der Waals surface area contributed by atoms with Crippen LogP contribution in [0.15, 0.2) is 48.8 Å². The number of hydrogen-bond acceptors (Lipinski definition) is 2. The summed E-state index contributed by atoms with van der Waals surface area (Å²) in [5.74, 6) is -0.359. The minimum atomic E-state index is -0.305. The maximum atomic E-state index is 13.8. The van der Waals surface area contributed by atoms with Crippen LogP contribution in [-0.2, 0) is 0 Å². The van der Waals surface area contributed by atoms with Crippen molar-refractivity contribution < 1.29 is 9.18 Å². The van der Waals surface area contributed by atoms with Crippen molar-refractivity contribution in [1.29, 1.82) is 0 Å². The van der Waals surface area contributed by atoms with Crippen LogP contribution in [0.1, 0.15) is 34.9 Å². The first kappa shape index (κ1) is 15.6. The summed E-state index contributed by atoms with van der Waals surface area (Å²) in [4.78, 5) is 19.6. The van der Waals surface area contributed by atoms with E-state index in [1.165, 1.54) is 12.1 Å². The lowest BCUT2D eigenvalue weighted by Gasteiger charge is -2.23. The highest BCUT2D eigenvalue weighted by molar-refractivity contribution is 6.34. The number of rotatable bonds is 1. The summed E-state index contributed by atoms with van der Waals surface area (Å²) in [6.07, 6.45) is 3.48. The molecule has 0 spiro atoms. The zero-order valence-electron chi connectivity index (χ0n) is 13.8. The van der Waals surface area contributed by atoms with Gasteiger partial charge in [0, 0.05) is 12.1 Å². The Morgan fingerprint density at radius 3 is 2.88 bits per heavy atom. The number of aromatic nitrogens is 2. The molecule has 1 atom stereocenters. The van der Waals surface area contributed by atoms with Gasteiger partial charge in [0.15, 0.2) is 0 Å². The van der Waals surface area contributed by atoms with Gasteiger partial charge in [0.2, 0.25) is 0 Å². The number of amides is 1. The van der Waals surface area contributed by atoms with E-state index in [1.54, 1.807) is 18.5 Å². The van der Waals surface area contributed by atoms with Crippen molar-refractivity contribution in [3.63, 3.8) is 0 Å². The van der Waals surface area contributed by atoms with Crippen molar-refractivity contribution in [2.75, 3.05) is 6.54 Å². The van der Waals surface area contributed by atoms with E-state index in [9.17, 15) is 9.18 Å². The molecule has 5 rings (SSSR count). The van der Waals surface area contributed by atoms with E-state index < -0.39 is 0 Å². The smallest absolute Gasteiger partial charge is 0.258 e. The summed E-state index contributed by atoms with van der Waals surface area (Å²) in [6.45, 7) is 0.682. The first-order chi connectivity index (χ1) is 12.6. The minimum absolute atomic E-state index is 0.0537. The summed E-state index contributed by atoms with van der Waals surface area (Å²) in [5.41, 5.74) is 3.57. The summed E-state index contributed by atoms with van der Waals surface area (Å²) in [6, 6.07) is 11.8. The molecule has 1 saturated heterocycles. The van der Waals surface area contributed by atoms with Crippen molar-refractivity contribution >= 4 is 17.5 Å². The average Bonchev–Trinajstić information content (AvgIpc) is 3.25. The van der Waals surface area contributed by atoms with Crippen LogP contribution in [0, 0.1) is 5.82 Å². The lowest BCUT2D eigenvalue weighted by Crippen LogP contribution is -2.29. The zero-order chi connectivity index (χ0) is 17.8. The number of halogens is 2. The number of benzene rings is 2. The highest BCUT2D eigenvalue weighted by Gasteiger charge is 2.39. The number of carbonyl (C=O) groups is 1. The third kappa shape index (κ3) is 2.13. The third-order valence-electron chi connectivity index (χ3n) is 5.20. The van der Waals surface area contributed by atoms with Gasteiger partial charge in [-0.05, 0) is 37.1 Å². The molecular weight excluding hydrogens is 353 g/mol. The summed E-state index contributed by atoms with van der Waals surface area (Å²) in [7, 11) is 0. The Morgan fingerprint density at radius 2 is 2.04 bits per heavy atom. The molecule has 0 N–H and O–H groups in total. The summed E-state index contributed by atoms with van der Waals surface area (Å²) < 4.78 is 15.7. The maximum absolute atomic E-state index is 13.8. The molecule has 0 bridgehead atoms. The van der Waals surface area contributed by atoms with E-state index in [2.05, 4.69) is 4.98 Å². The summed E-state index contributed by atoms with van der Waals surface area (Å²) in [5, 5.41) is 0.437. The normalized spacial score (nSPS) is 18.3. The lowest BCUT2D eigenvalue weighted by molar-refractivity contribution is 0.0739. The number of carbonyl (C=O) groups excluding carboxylic acids is 1. The van der Waals surface area contributed by atoms with Crippen LogP contribution in [0.3, 0.4) is 0 Å². The Labute approximate surface area is 154 Å². The predicted octanol–water partition coefficient (Wildman–Crippen LogP) is 4.62. The Hall–Kier alpha value is -2.66. The van der Waals surface area contributed by atoms with Crippen LogP contribution in [0.4, 0.5) is 4.39 Å². The fourth-order valence-electron chi connectivity index (χ4n) is 4.09. The molecule has 1 amide bonds. The Balaban J connectivity index is 1.82. The predicted molar refractivity (Wildman–Crippen MR) is 97.0 cm³/mol. The molecule has 6 heteroatoms. The molecule has 2 aromatic carbocycles. The maximum Gasteiger partial charge on any atom is 0.258 e. The van der Waals surface area contributed by atoms with Gasteiger partial charge >= 0.3 is 0 Å². The SMILES string of the molecule is O=C1c2c(Cl)cccc2-n2cnc(-c3cccc(F)c3)c2[C@@H]2CCCN12. The first-order valence-electron chi connectivity index (χ1n) is 8.58. The van der Waals surface area contributed by atoms with Crippen LogP contribution in [0.25, 0.3) is 16.9 Å². The molecule has 0 radical (unpaired) electrons. The summed E-state index contributed by atoms with van der Waals surface area (Å²) >= 11 is 6.38. The van der Waals surface area contributed by atoms with E-state index in [-0.39, 0.29) is 17.8 Å². The molecule has 4 nitrogen and oxygen atoms in total. The lowest BCUT2D eigenvalue weighted by atomic mass is 10.0. The van der Waals surface area contributed by atoms with E-state index in [0.29, 0.717) is 28.4 Å². The standard InChI is InChI=1S/C20H15ClFN3O/c21-14-6-2-7-15-17(14)20(26)24-9-3-8-16(24)19-18(23-11-25(15)19)12-4-1-5-13(22)10-12/h1-2,4-7,10-11,16H,3,8-9H2/t16-/m0/s1. The molecule has 0 saturated carbocycles. The van der Waals surface area contributed by atoms with Crippen LogP contribution in [0.5, 0.6) is 0 Å². The van der Waals surface area contributed by atoms with Gasteiger partial charge in [0.1, 0.15) is 12.1 Å². The average molecular weight is 368 g/mol. The zero-order valence-corrected chi connectivity index (χ0v) is 14.6. The topological polar surface area (TPSA) is 38.1 Å². The number of fused-ring (bicyclic) bond motifs is 5. The van der Waals surface area contributed by atoms with E-state index in [1.807, 2.05) is 27.7 Å². The molecule has 26 heavy (non-hydrogen) atoms. The Kier molecular flexibility index (Phi) is 3.40. The van der Waals surface area contributed by atoms with Gasteiger partial charge in [-0.2, -0.15) is 0 Å². The molecule has 1 aromatic heterocycles. The molecule has 3 aromatic rings. The van der Waals surface area contributed by atoms with Gasteiger partial charge < -0.3 is 4.90 Å². The van der Waals surface area contributed by atoms with Crippen molar-refractivity contribution in [3.05, 3.63) is 70.9 Å². The van der Waals surface area contributed by atoms with Gasteiger partial charge in [-0.3, -0.25) is 9.36 Å². The van der Waals surface area contributed by atoms with Crippen LogP contribution >= 0.6 is 11.6 Å². The molecule has 2 aliphatic heterocycles. The van der Waals surface area contributed by atoms with Gasteiger partial charge in [0.25, 0.3) is 5.91 Å². The number of imidazole rings is 1. The monoisotopic (exact) mass is 367 g/mol. The highest BCUT2D eigenvalue weighted by Crippen LogP contribution is 2.43. The van der Waals surface area contributed by atoms with Crippen molar-refractivity contribution in [2.45, 2.75) is 18.9 Å². The van der Waals surface area contributed by atoms with E-state index in [4.69, 9.17) is 11.6 Å². The molecule has 2 aliphatic rings. The van der Waals surface area contributed by atoms with Gasteiger partial charge in [0.05, 0.1) is 33.7 Å². The molecule has 1 fully saturated rings. The second-order valence-corrected chi connectivity index (χ2v) is 7.06. The molecule has 0 unspecified atom stereocenters. The van der Waals surface area contributed by atoms with Crippen LogP contribution < -0.4 is 0 Å². The largest absolute Gasteiger partial charge is 0.330 e. The molecule has 0 aliphatic carbocycles. The molecule has 3 heterocycles. The van der Waals surface area contributed by atoms with Crippen molar-refractivity contribution in [3.8, 4) is 16.9 Å². The second-order valence-electron chi connectivity index (χ2n) is 6.65. The van der Waals surface area contributed by atoms with Gasteiger partial charge in [-0.15, -0.1) is 0 Å². The van der Waals surface area contributed by atoms with Crippen LogP contribution in [-0.4, -0.2) is 26.9 Å². The quantitative estimate of drug-likeness (QED) is 0.629. The fraction of sp³-hybridized carbons (Fsp3) is 0.200.